The van der Waals surface area contributed by atoms with Gasteiger partial charge >= 0.3 is 6.18 Å². The monoisotopic (exact) mass is 327 g/mol. The van der Waals surface area contributed by atoms with Crippen LogP contribution in [-0.2, 0) is 12.7 Å². The summed E-state index contributed by atoms with van der Waals surface area (Å²) < 4.78 is 50.7. The number of anilines is 1. The van der Waals surface area contributed by atoms with Crippen LogP contribution in [0.15, 0.2) is 36.5 Å². The van der Waals surface area contributed by atoms with E-state index in [4.69, 9.17) is 0 Å². The second kappa shape index (κ2) is 5.53. The van der Waals surface area contributed by atoms with Crippen molar-refractivity contribution in [3.8, 4) is 0 Å². The van der Waals surface area contributed by atoms with E-state index in [9.17, 15) is 17.6 Å². The summed E-state index contributed by atoms with van der Waals surface area (Å²) in [4.78, 5) is 7.61. The van der Waals surface area contributed by atoms with Crippen molar-refractivity contribution in [3.63, 3.8) is 0 Å². The summed E-state index contributed by atoms with van der Waals surface area (Å²) in [6.07, 6.45) is -3.03. The van der Waals surface area contributed by atoms with Crippen LogP contribution >= 0.6 is 11.3 Å². The van der Waals surface area contributed by atoms with Gasteiger partial charge in [-0.25, -0.2) is 14.4 Å². The number of halogens is 4. The van der Waals surface area contributed by atoms with Crippen LogP contribution in [0.1, 0.15) is 10.4 Å². The van der Waals surface area contributed by atoms with Crippen LogP contribution in [0.3, 0.4) is 0 Å². The Balaban J connectivity index is 1.78. The van der Waals surface area contributed by atoms with Crippen LogP contribution in [0.2, 0.25) is 0 Å². The van der Waals surface area contributed by atoms with E-state index in [1.54, 1.807) is 12.1 Å². The first-order valence-electron chi connectivity index (χ1n) is 6.24. The molecule has 0 saturated carbocycles. The highest BCUT2D eigenvalue weighted by atomic mass is 32.1. The Morgan fingerprint density at radius 1 is 1.14 bits per heavy atom. The average Bonchev–Trinajstić information content (AvgIpc) is 2.90. The molecule has 2 heterocycles. The molecule has 3 aromatic rings. The van der Waals surface area contributed by atoms with E-state index >= 15 is 0 Å². The van der Waals surface area contributed by atoms with E-state index < -0.39 is 11.1 Å². The molecule has 1 N–H and O–H groups in total. The van der Waals surface area contributed by atoms with Crippen LogP contribution in [0, 0.1) is 5.82 Å². The molecule has 0 spiro atoms. The predicted octanol–water partition coefficient (Wildman–Crippen LogP) is 4.46. The summed E-state index contributed by atoms with van der Waals surface area (Å²) >= 11 is 0.576. The van der Waals surface area contributed by atoms with Crippen LogP contribution in [0.4, 0.5) is 23.5 Å². The van der Waals surface area contributed by atoms with Crippen molar-refractivity contribution in [2.24, 2.45) is 0 Å². The Bertz CT molecular complexity index is 796. The summed E-state index contributed by atoms with van der Waals surface area (Å²) in [6.45, 7) is 0.350. The molecule has 22 heavy (non-hydrogen) atoms. The van der Waals surface area contributed by atoms with Crippen molar-refractivity contribution in [2.75, 3.05) is 5.32 Å². The second-order valence-corrected chi connectivity index (χ2v) is 5.57. The molecule has 0 saturated heterocycles. The maximum atomic E-state index is 12.8. The molecule has 114 valence electrons. The Labute approximate surface area is 126 Å². The smallest absolute Gasteiger partial charge is 0.350 e. The zero-order chi connectivity index (χ0) is 15.7. The number of hydrogen-bond donors (Lipinski definition) is 1. The molecule has 0 aliphatic heterocycles. The first kappa shape index (κ1) is 14.7. The van der Waals surface area contributed by atoms with Gasteiger partial charge in [0.25, 0.3) is 0 Å². The van der Waals surface area contributed by atoms with Crippen molar-refractivity contribution in [1.29, 1.82) is 0 Å². The Morgan fingerprint density at radius 2 is 1.86 bits per heavy atom. The minimum atomic E-state index is -4.38. The fourth-order valence-corrected chi connectivity index (χ4v) is 2.71. The Hall–Kier alpha value is -2.22. The van der Waals surface area contributed by atoms with Crippen LogP contribution in [0.25, 0.3) is 10.2 Å². The third-order valence-electron chi connectivity index (χ3n) is 2.92. The molecule has 3 rings (SSSR count). The van der Waals surface area contributed by atoms with Gasteiger partial charge in [0.1, 0.15) is 15.5 Å². The van der Waals surface area contributed by atoms with Gasteiger partial charge in [0.05, 0.1) is 0 Å². The number of nitrogens with one attached hydrogen (secondary N) is 1. The number of benzene rings is 1. The number of nitrogens with zero attached hydrogens (tertiary/aromatic N) is 2. The molecule has 0 radical (unpaired) electrons. The zero-order valence-electron chi connectivity index (χ0n) is 11.0. The van der Waals surface area contributed by atoms with Gasteiger partial charge in [0, 0.05) is 18.1 Å². The van der Waals surface area contributed by atoms with Crippen molar-refractivity contribution in [3.05, 3.63) is 52.8 Å². The molecule has 0 aliphatic carbocycles. The highest BCUT2D eigenvalue weighted by molar-refractivity contribution is 7.18. The van der Waals surface area contributed by atoms with Crippen LogP contribution < -0.4 is 5.32 Å². The van der Waals surface area contributed by atoms with Gasteiger partial charge in [-0.2, -0.15) is 13.2 Å². The first-order chi connectivity index (χ1) is 10.4. The molecule has 3 nitrogen and oxygen atoms in total. The van der Waals surface area contributed by atoms with Crippen LogP contribution in [0.5, 0.6) is 0 Å². The van der Waals surface area contributed by atoms with Gasteiger partial charge in [0.2, 0.25) is 5.95 Å². The van der Waals surface area contributed by atoms with E-state index in [1.807, 2.05) is 0 Å². The second-order valence-electron chi connectivity index (χ2n) is 4.54. The van der Waals surface area contributed by atoms with E-state index in [-0.39, 0.29) is 16.6 Å². The number of aromatic nitrogens is 2. The lowest BCUT2D eigenvalue weighted by Crippen LogP contribution is -2.02. The maximum Gasteiger partial charge on any atom is 0.425 e. The minimum absolute atomic E-state index is 0.229. The number of alkyl halides is 3. The van der Waals surface area contributed by atoms with Crippen molar-refractivity contribution in [2.45, 2.75) is 12.7 Å². The van der Waals surface area contributed by atoms with Crippen molar-refractivity contribution in [1.82, 2.24) is 9.97 Å². The molecule has 1 aromatic carbocycles. The molecular formula is C14H9F4N3S. The number of hydrogen-bond acceptors (Lipinski definition) is 4. The third-order valence-corrected chi connectivity index (χ3v) is 4.01. The third kappa shape index (κ3) is 3.16. The molecule has 0 bridgehead atoms. The van der Waals surface area contributed by atoms with Gasteiger partial charge < -0.3 is 5.32 Å². The molecule has 2 aromatic heterocycles. The summed E-state index contributed by atoms with van der Waals surface area (Å²) in [5.41, 5.74) is 0.812. The molecule has 0 aliphatic rings. The fraction of sp³-hybridized carbons (Fsp3) is 0.143. The average molecular weight is 327 g/mol. The lowest BCUT2D eigenvalue weighted by Gasteiger charge is -2.04. The molecular weight excluding hydrogens is 318 g/mol. The van der Waals surface area contributed by atoms with E-state index in [0.29, 0.717) is 23.3 Å². The summed E-state index contributed by atoms with van der Waals surface area (Å²) in [5.74, 6) is -0.105. The van der Waals surface area contributed by atoms with Crippen molar-refractivity contribution >= 4 is 27.5 Å². The van der Waals surface area contributed by atoms with Crippen molar-refractivity contribution < 1.29 is 17.6 Å². The minimum Gasteiger partial charge on any atom is -0.350 e. The predicted molar refractivity (Wildman–Crippen MR) is 76.1 cm³/mol. The van der Waals surface area contributed by atoms with Gasteiger partial charge in [-0.3, -0.25) is 0 Å². The molecule has 0 unspecified atom stereocenters. The maximum absolute atomic E-state index is 12.8. The molecule has 0 amide bonds. The van der Waals surface area contributed by atoms with E-state index in [0.717, 1.165) is 11.6 Å². The fourth-order valence-electron chi connectivity index (χ4n) is 1.84. The Kier molecular flexibility index (Phi) is 3.69. The largest absolute Gasteiger partial charge is 0.425 e. The standard InChI is InChI=1S/C14H9F4N3S/c15-10-3-1-8(2-4-10)6-19-13-20-7-9-5-11(14(16,17)18)22-12(9)21-13/h1-5,7H,6H2,(H,19,20,21). The van der Waals surface area contributed by atoms with Crippen LogP contribution in [-0.4, -0.2) is 9.97 Å². The lowest BCUT2D eigenvalue weighted by atomic mass is 10.2. The topological polar surface area (TPSA) is 37.8 Å². The van der Waals surface area contributed by atoms with Gasteiger partial charge in [0.15, 0.2) is 0 Å². The number of rotatable bonds is 3. The van der Waals surface area contributed by atoms with Gasteiger partial charge in [-0.05, 0) is 23.8 Å². The summed E-state index contributed by atoms with van der Waals surface area (Å²) in [5, 5.41) is 3.25. The molecule has 0 fully saturated rings. The molecule has 8 heteroatoms. The Morgan fingerprint density at radius 3 is 2.55 bits per heavy atom. The molecule has 0 atom stereocenters. The number of thiophene rings is 1. The van der Waals surface area contributed by atoms with E-state index in [1.165, 1.54) is 18.3 Å². The highest BCUT2D eigenvalue weighted by Crippen LogP contribution is 2.37. The normalized spacial score (nSPS) is 11.8. The summed E-state index contributed by atoms with van der Waals surface area (Å²) in [7, 11) is 0. The SMILES string of the molecule is Fc1ccc(CNc2ncc3cc(C(F)(F)F)sc3n2)cc1. The highest BCUT2D eigenvalue weighted by Gasteiger charge is 2.33. The van der Waals surface area contributed by atoms with Gasteiger partial charge in [-0.15, -0.1) is 11.3 Å². The quantitative estimate of drug-likeness (QED) is 0.722. The van der Waals surface area contributed by atoms with E-state index in [2.05, 4.69) is 15.3 Å². The number of fused-ring (bicyclic) bond motifs is 1. The first-order valence-corrected chi connectivity index (χ1v) is 7.05. The van der Waals surface area contributed by atoms with Gasteiger partial charge in [-0.1, -0.05) is 12.1 Å². The zero-order valence-corrected chi connectivity index (χ0v) is 11.8. The lowest BCUT2D eigenvalue weighted by molar-refractivity contribution is -0.134. The summed E-state index contributed by atoms with van der Waals surface area (Å²) in [6, 6.07) is 6.90.